The van der Waals surface area contributed by atoms with Crippen molar-refractivity contribution in [3.8, 4) is 0 Å². The van der Waals surface area contributed by atoms with Gasteiger partial charge in [-0.1, -0.05) is 24.6 Å². The molecule has 0 bridgehead atoms. The molecule has 0 amide bonds. The highest BCUT2D eigenvalue weighted by molar-refractivity contribution is 6.33. The number of carbonyl (C=O) groups excluding carboxylic acids is 1. The summed E-state index contributed by atoms with van der Waals surface area (Å²) in [5.74, 6) is 0.549. The van der Waals surface area contributed by atoms with Crippen LogP contribution in [-0.4, -0.2) is 5.78 Å². The molecule has 0 saturated heterocycles. The van der Waals surface area contributed by atoms with E-state index in [1.807, 2.05) is 18.2 Å². The average molecular weight is 261 g/mol. The molecule has 2 aromatic rings. The molecule has 0 radical (unpaired) electrons. The summed E-state index contributed by atoms with van der Waals surface area (Å²) in [6, 6.07) is 9.45. The van der Waals surface area contributed by atoms with E-state index in [1.165, 1.54) is 31.1 Å². The first-order valence-electron chi connectivity index (χ1n) is 6.13. The Labute approximate surface area is 111 Å². The Morgan fingerprint density at radius 1 is 1.28 bits per heavy atom. The summed E-state index contributed by atoms with van der Waals surface area (Å²) in [4.78, 5) is 12.3. The Kier molecular flexibility index (Phi) is 2.96. The lowest BCUT2D eigenvalue weighted by atomic mass is 9.79. The molecule has 1 aliphatic rings. The van der Waals surface area contributed by atoms with Gasteiger partial charge in [0.15, 0.2) is 5.78 Å². The summed E-state index contributed by atoms with van der Waals surface area (Å²) >= 11 is 5.84. The van der Waals surface area contributed by atoms with Crippen LogP contribution in [0.5, 0.6) is 0 Å². The lowest BCUT2D eigenvalue weighted by Crippen LogP contribution is -2.10. The van der Waals surface area contributed by atoms with Crippen molar-refractivity contribution in [3.63, 3.8) is 0 Å². The Balaban J connectivity index is 1.92. The van der Waals surface area contributed by atoms with Crippen molar-refractivity contribution in [2.75, 3.05) is 0 Å². The molecule has 1 aliphatic carbocycles. The van der Waals surface area contributed by atoms with Crippen molar-refractivity contribution >= 4 is 17.4 Å². The largest absolute Gasteiger partial charge is 0.452 e. The molecular formula is C15H13ClO2. The van der Waals surface area contributed by atoms with Crippen LogP contribution in [-0.2, 0) is 0 Å². The van der Waals surface area contributed by atoms with Gasteiger partial charge in [-0.2, -0.15) is 0 Å². The molecule has 0 atom stereocenters. The average Bonchev–Trinajstić information content (AvgIpc) is 2.73. The molecule has 0 unspecified atom stereocenters. The van der Waals surface area contributed by atoms with Gasteiger partial charge in [0, 0.05) is 5.56 Å². The summed E-state index contributed by atoms with van der Waals surface area (Å²) in [6.45, 7) is 0. The van der Waals surface area contributed by atoms with E-state index in [9.17, 15) is 4.79 Å². The number of rotatable bonds is 3. The van der Waals surface area contributed by atoms with Crippen LogP contribution in [0.25, 0.3) is 0 Å². The van der Waals surface area contributed by atoms with Crippen molar-refractivity contribution in [3.05, 3.63) is 58.5 Å². The number of benzene rings is 1. The molecular weight excluding hydrogens is 248 g/mol. The Morgan fingerprint density at radius 3 is 2.72 bits per heavy atom. The number of carbonyl (C=O) groups is 1. The highest BCUT2D eigenvalue weighted by atomic mass is 35.5. The second-order valence-corrected chi connectivity index (χ2v) is 5.03. The molecule has 92 valence electrons. The molecule has 1 aromatic carbocycles. The van der Waals surface area contributed by atoms with Crippen molar-refractivity contribution in [1.82, 2.24) is 0 Å². The van der Waals surface area contributed by atoms with E-state index in [2.05, 4.69) is 6.07 Å². The molecule has 1 fully saturated rings. The molecule has 1 saturated carbocycles. The third kappa shape index (κ3) is 1.97. The van der Waals surface area contributed by atoms with Crippen LogP contribution in [0.2, 0.25) is 5.22 Å². The van der Waals surface area contributed by atoms with Gasteiger partial charge >= 0.3 is 0 Å². The van der Waals surface area contributed by atoms with Gasteiger partial charge in [-0.3, -0.25) is 4.79 Å². The number of ketones is 1. The fraction of sp³-hybridized carbons (Fsp3) is 0.267. The minimum absolute atomic E-state index is 0.0741. The standard InChI is InChI=1S/C15H13ClO2/c16-15-13(7-8-18-15)14(17)12-6-2-5-11(9-12)10-3-1-4-10/h2,5-10H,1,3-4H2. The molecule has 18 heavy (non-hydrogen) atoms. The van der Waals surface area contributed by atoms with E-state index in [-0.39, 0.29) is 11.0 Å². The SMILES string of the molecule is O=C(c1cccc(C2CCC2)c1)c1ccoc1Cl. The van der Waals surface area contributed by atoms with Gasteiger partial charge in [-0.05, 0) is 48.1 Å². The zero-order chi connectivity index (χ0) is 12.5. The molecule has 0 aliphatic heterocycles. The first kappa shape index (κ1) is 11.5. The van der Waals surface area contributed by atoms with Gasteiger partial charge in [-0.15, -0.1) is 0 Å². The summed E-state index contributed by atoms with van der Waals surface area (Å²) in [7, 11) is 0. The second kappa shape index (κ2) is 4.62. The third-order valence-corrected chi connectivity index (χ3v) is 3.88. The van der Waals surface area contributed by atoms with Crippen LogP contribution in [0.3, 0.4) is 0 Å². The van der Waals surface area contributed by atoms with Crippen LogP contribution < -0.4 is 0 Å². The summed E-state index contributed by atoms with van der Waals surface area (Å²) < 4.78 is 4.96. The predicted molar refractivity (Wildman–Crippen MR) is 70.2 cm³/mol. The van der Waals surface area contributed by atoms with E-state index in [1.54, 1.807) is 6.07 Å². The zero-order valence-electron chi connectivity index (χ0n) is 9.86. The quantitative estimate of drug-likeness (QED) is 0.764. The molecule has 3 heteroatoms. The molecule has 2 nitrogen and oxygen atoms in total. The molecule has 0 spiro atoms. The monoisotopic (exact) mass is 260 g/mol. The van der Waals surface area contributed by atoms with Crippen molar-refractivity contribution in [1.29, 1.82) is 0 Å². The zero-order valence-corrected chi connectivity index (χ0v) is 10.6. The maximum Gasteiger partial charge on any atom is 0.204 e. The van der Waals surface area contributed by atoms with E-state index >= 15 is 0 Å². The van der Waals surface area contributed by atoms with Gasteiger partial charge in [0.05, 0.1) is 11.8 Å². The Hall–Kier alpha value is -1.54. The fourth-order valence-corrected chi connectivity index (χ4v) is 2.49. The maximum absolute atomic E-state index is 12.3. The fourth-order valence-electron chi connectivity index (χ4n) is 2.29. The van der Waals surface area contributed by atoms with E-state index in [0.717, 1.165) is 0 Å². The van der Waals surface area contributed by atoms with Crippen LogP contribution in [0.4, 0.5) is 0 Å². The van der Waals surface area contributed by atoms with Gasteiger partial charge < -0.3 is 4.42 Å². The van der Waals surface area contributed by atoms with Crippen molar-refractivity contribution < 1.29 is 9.21 Å². The first-order valence-corrected chi connectivity index (χ1v) is 6.51. The summed E-state index contributed by atoms with van der Waals surface area (Å²) in [5, 5.41) is 0.161. The molecule has 3 rings (SSSR count). The number of halogens is 1. The number of hydrogen-bond donors (Lipinski definition) is 0. The smallest absolute Gasteiger partial charge is 0.204 e. The maximum atomic E-state index is 12.3. The van der Waals surface area contributed by atoms with Crippen LogP contribution in [0.15, 0.2) is 41.0 Å². The van der Waals surface area contributed by atoms with Crippen molar-refractivity contribution in [2.24, 2.45) is 0 Å². The van der Waals surface area contributed by atoms with E-state index in [4.69, 9.17) is 16.0 Å². The van der Waals surface area contributed by atoms with Crippen LogP contribution in [0, 0.1) is 0 Å². The third-order valence-electron chi connectivity index (χ3n) is 3.59. The lowest BCUT2D eigenvalue weighted by Gasteiger charge is -2.26. The molecule has 1 heterocycles. The highest BCUT2D eigenvalue weighted by Crippen LogP contribution is 2.36. The van der Waals surface area contributed by atoms with Gasteiger partial charge in [-0.25, -0.2) is 0 Å². The summed E-state index contributed by atoms with van der Waals surface area (Å²) in [6.07, 6.45) is 5.18. The molecule has 1 aromatic heterocycles. The normalized spacial score (nSPS) is 15.4. The highest BCUT2D eigenvalue weighted by Gasteiger charge is 2.21. The lowest BCUT2D eigenvalue weighted by molar-refractivity contribution is 0.103. The van der Waals surface area contributed by atoms with Crippen LogP contribution in [0.1, 0.15) is 46.7 Å². The van der Waals surface area contributed by atoms with Crippen LogP contribution >= 0.6 is 11.6 Å². The second-order valence-electron chi connectivity index (χ2n) is 4.69. The summed E-state index contributed by atoms with van der Waals surface area (Å²) in [5.41, 5.74) is 2.37. The minimum Gasteiger partial charge on any atom is -0.452 e. The van der Waals surface area contributed by atoms with Crippen molar-refractivity contribution in [2.45, 2.75) is 25.2 Å². The topological polar surface area (TPSA) is 30.2 Å². The number of hydrogen-bond acceptors (Lipinski definition) is 2. The van der Waals surface area contributed by atoms with Gasteiger partial charge in [0.2, 0.25) is 5.22 Å². The van der Waals surface area contributed by atoms with E-state index < -0.39 is 0 Å². The van der Waals surface area contributed by atoms with E-state index in [0.29, 0.717) is 17.0 Å². The predicted octanol–water partition coefficient (Wildman–Crippen LogP) is 4.43. The Morgan fingerprint density at radius 2 is 2.11 bits per heavy atom. The molecule has 0 N–H and O–H groups in total. The number of furan rings is 1. The first-order chi connectivity index (χ1) is 8.75. The Bertz CT molecular complexity index is 582. The van der Waals surface area contributed by atoms with Gasteiger partial charge in [0.25, 0.3) is 0 Å². The van der Waals surface area contributed by atoms with Gasteiger partial charge in [0.1, 0.15) is 0 Å². The minimum atomic E-state index is -0.0741.